The van der Waals surface area contributed by atoms with E-state index in [0.29, 0.717) is 0 Å². The minimum atomic E-state index is 0.858. The molecule has 0 unspecified atom stereocenters. The van der Waals surface area contributed by atoms with E-state index >= 15 is 0 Å². The van der Waals surface area contributed by atoms with E-state index in [4.69, 9.17) is 4.74 Å². The Kier molecular flexibility index (Phi) is 4.76. The molecule has 0 aliphatic heterocycles. The third-order valence-corrected chi connectivity index (χ3v) is 2.86. The van der Waals surface area contributed by atoms with Gasteiger partial charge in [-0.15, -0.1) is 0 Å². The standard InChI is InChI=1S/C13H21N3O/c1-2-16-10-13(9-15-16)8-14-6-3-7-17-11-12-4-5-12/h2,9-10,12,14H,1,3-8,11H2. The highest BCUT2D eigenvalue weighted by molar-refractivity contribution is 5.17. The van der Waals surface area contributed by atoms with E-state index < -0.39 is 0 Å². The first kappa shape index (κ1) is 12.3. The molecule has 0 amide bonds. The molecule has 1 fully saturated rings. The quantitative estimate of drug-likeness (QED) is 0.664. The summed E-state index contributed by atoms with van der Waals surface area (Å²) in [5.41, 5.74) is 1.18. The fourth-order valence-electron chi connectivity index (χ4n) is 1.63. The zero-order valence-corrected chi connectivity index (χ0v) is 10.3. The van der Waals surface area contributed by atoms with Crippen LogP contribution in [0.15, 0.2) is 19.0 Å². The van der Waals surface area contributed by atoms with Gasteiger partial charge in [0.15, 0.2) is 0 Å². The predicted octanol–water partition coefficient (Wildman–Crippen LogP) is 1.89. The van der Waals surface area contributed by atoms with Crippen molar-refractivity contribution in [3.8, 4) is 0 Å². The second-order valence-corrected chi connectivity index (χ2v) is 4.56. The molecule has 4 nitrogen and oxygen atoms in total. The Morgan fingerprint density at radius 2 is 2.47 bits per heavy atom. The summed E-state index contributed by atoms with van der Waals surface area (Å²) in [5.74, 6) is 0.868. The topological polar surface area (TPSA) is 39.1 Å². The molecule has 1 aliphatic rings. The summed E-state index contributed by atoms with van der Waals surface area (Å²) in [5, 5.41) is 7.50. The number of ether oxygens (including phenoxy) is 1. The molecule has 0 atom stereocenters. The molecule has 0 saturated heterocycles. The molecule has 0 spiro atoms. The highest BCUT2D eigenvalue weighted by atomic mass is 16.5. The van der Waals surface area contributed by atoms with Gasteiger partial charge in [-0.05, 0) is 31.7 Å². The first-order valence-electron chi connectivity index (χ1n) is 6.32. The van der Waals surface area contributed by atoms with Crippen molar-refractivity contribution < 1.29 is 4.74 Å². The van der Waals surface area contributed by atoms with Crippen LogP contribution in [0.3, 0.4) is 0 Å². The lowest BCUT2D eigenvalue weighted by Crippen LogP contribution is -2.16. The first-order valence-corrected chi connectivity index (χ1v) is 6.32. The fourth-order valence-corrected chi connectivity index (χ4v) is 1.63. The maximum Gasteiger partial charge on any atom is 0.0538 e. The Balaban J connectivity index is 1.46. The van der Waals surface area contributed by atoms with Crippen molar-refractivity contribution in [2.24, 2.45) is 5.92 Å². The number of hydrogen-bond donors (Lipinski definition) is 1. The Hall–Kier alpha value is -1.13. The van der Waals surface area contributed by atoms with Crippen molar-refractivity contribution >= 4 is 6.20 Å². The summed E-state index contributed by atoms with van der Waals surface area (Å²) in [4.78, 5) is 0. The summed E-state index contributed by atoms with van der Waals surface area (Å²) in [6.07, 6.45) is 9.33. The molecule has 2 rings (SSSR count). The summed E-state index contributed by atoms with van der Waals surface area (Å²) in [6, 6.07) is 0. The van der Waals surface area contributed by atoms with Crippen LogP contribution < -0.4 is 5.32 Å². The van der Waals surface area contributed by atoms with Gasteiger partial charge < -0.3 is 10.1 Å². The largest absolute Gasteiger partial charge is 0.381 e. The predicted molar refractivity (Wildman–Crippen MR) is 68.5 cm³/mol. The highest BCUT2D eigenvalue weighted by Crippen LogP contribution is 2.28. The summed E-state index contributed by atoms with van der Waals surface area (Å²) in [7, 11) is 0. The number of nitrogens with zero attached hydrogens (tertiary/aromatic N) is 2. The van der Waals surface area contributed by atoms with Crippen LogP contribution in [-0.4, -0.2) is 29.5 Å². The molecule has 1 aliphatic carbocycles. The summed E-state index contributed by atoms with van der Waals surface area (Å²) in [6.45, 7) is 7.34. The normalized spacial score (nSPS) is 15.1. The van der Waals surface area contributed by atoms with Crippen LogP contribution in [0.5, 0.6) is 0 Å². The molecule has 1 saturated carbocycles. The zero-order valence-electron chi connectivity index (χ0n) is 10.3. The molecule has 4 heteroatoms. The molecule has 0 radical (unpaired) electrons. The minimum Gasteiger partial charge on any atom is -0.381 e. The number of nitrogens with one attached hydrogen (secondary N) is 1. The second kappa shape index (κ2) is 6.57. The zero-order chi connectivity index (χ0) is 11.9. The molecule has 0 bridgehead atoms. The molecular weight excluding hydrogens is 214 g/mol. The maximum absolute atomic E-state index is 5.56. The smallest absolute Gasteiger partial charge is 0.0538 e. The van der Waals surface area contributed by atoms with Crippen LogP contribution in [0.2, 0.25) is 0 Å². The lowest BCUT2D eigenvalue weighted by atomic mass is 10.3. The molecule has 94 valence electrons. The second-order valence-electron chi connectivity index (χ2n) is 4.56. The SMILES string of the molecule is C=Cn1cc(CNCCCOCC2CC2)cn1. The fraction of sp³-hybridized carbons (Fsp3) is 0.615. The summed E-state index contributed by atoms with van der Waals surface area (Å²) < 4.78 is 7.28. The van der Waals surface area contributed by atoms with Crippen LogP contribution in [0.25, 0.3) is 6.20 Å². The van der Waals surface area contributed by atoms with Crippen molar-refractivity contribution in [2.75, 3.05) is 19.8 Å². The average Bonchev–Trinajstić information content (AvgIpc) is 3.05. The van der Waals surface area contributed by atoms with Gasteiger partial charge in [0.05, 0.1) is 6.20 Å². The van der Waals surface area contributed by atoms with Crippen molar-refractivity contribution in [1.82, 2.24) is 15.1 Å². The van der Waals surface area contributed by atoms with Gasteiger partial charge in [0.1, 0.15) is 0 Å². The molecule has 0 aromatic carbocycles. The van der Waals surface area contributed by atoms with Crippen molar-refractivity contribution in [2.45, 2.75) is 25.8 Å². The first-order chi connectivity index (χ1) is 8.38. The van der Waals surface area contributed by atoms with Gasteiger partial charge in [0.25, 0.3) is 0 Å². The molecule has 1 aromatic rings. The third-order valence-electron chi connectivity index (χ3n) is 2.86. The third kappa shape index (κ3) is 4.71. The Morgan fingerprint density at radius 1 is 1.59 bits per heavy atom. The van der Waals surface area contributed by atoms with Gasteiger partial charge >= 0.3 is 0 Å². The Morgan fingerprint density at radius 3 is 3.18 bits per heavy atom. The number of rotatable bonds is 9. The molecule has 1 heterocycles. The number of aromatic nitrogens is 2. The van der Waals surface area contributed by atoms with Crippen LogP contribution in [0.4, 0.5) is 0 Å². The van der Waals surface area contributed by atoms with Crippen molar-refractivity contribution in [3.63, 3.8) is 0 Å². The maximum atomic E-state index is 5.56. The van der Waals surface area contributed by atoms with Crippen LogP contribution in [-0.2, 0) is 11.3 Å². The van der Waals surface area contributed by atoms with Crippen LogP contribution in [0.1, 0.15) is 24.8 Å². The number of hydrogen-bond acceptors (Lipinski definition) is 3. The van der Waals surface area contributed by atoms with E-state index in [0.717, 1.165) is 38.6 Å². The molecular formula is C13H21N3O. The minimum absolute atomic E-state index is 0.858. The van der Waals surface area contributed by atoms with Gasteiger partial charge in [-0.3, -0.25) is 0 Å². The highest BCUT2D eigenvalue weighted by Gasteiger charge is 2.20. The lowest BCUT2D eigenvalue weighted by Gasteiger charge is -2.04. The average molecular weight is 235 g/mol. The van der Waals surface area contributed by atoms with E-state index in [1.165, 1.54) is 18.4 Å². The van der Waals surface area contributed by atoms with Crippen molar-refractivity contribution in [3.05, 3.63) is 24.5 Å². The van der Waals surface area contributed by atoms with E-state index in [2.05, 4.69) is 17.0 Å². The Labute approximate surface area is 103 Å². The molecule has 17 heavy (non-hydrogen) atoms. The summed E-state index contributed by atoms with van der Waals surface area (Å²) >= 11 is 0. The monoisotopic (exact) mass is 235 g/mol. The van der Waals surface area contributed by atoms with Gasteiger partial charge in [0.2, 0.25) is 0 Å². The van der Waals surface area contributed by atoms with E-state index in [-0.39, 0.29) is 0 Å². The van der Waals surface area contributed by atoms with Crippen molar-refractivity contribution in [1.29, 1.82) is 0 Å². The van der Waals surface area contributed by atoms with Gasteiger partial charge in [-0.1, -0.05) is 6.58 Å². The van der Waals surface area contributed by atoms with E-state index in [1.807, 2.05) is 12.4 Å². The lowest BCUT2D eigenvalue weighted by molar-refractivity contribution is 0.122. The molecule has 1 aromatic heterocycles. The van der Waals surface area contributed by atoms with Gasteiger partial charge in [-0.2, -0.15) is 5.10 Å². The van der Waals surface area contributed by atoms with Crippen LogP contribution in [0, 0.1) is 5.92 Å². The van der Waals surface area contributed by atoms with Gasteiger partial charge in [-0.25, -0.2) is 4.68 Å². The van der Waals surface area contributed by atoms with E-state index in [1.54, 1.807) is 10.9 Å². The Bertz CT molecular complexity index is 344. The van der Waals surface area contributed by atoms with Gasteiger partial charge in [0, 0.05) is 37.7 Å². The molecule has 1 N–H and O–H groups in total. The van der Waals surface area contributed by atoms with E-state index in [9.17, 15) is 0 Å². The van der Waals surface area contributed by atoms with Crippen LogP contribution >= 0.6 is 0 Å².